The van der Waals surface area contributed by atoms with Crippen LogP contribution < -0.4 is 5.32 Å². The first kappa shape index (κ1) is 83.8. The Labute approximate surface area is 537 Å². The van der Waals surface area contributed by atoms with Crippen molar-refractivity contribution >= 4 is 11.9 Å². The lowest BCUT2D eigenvalue weighted by atomic mass is 10.0. The van der Waals surface area contributed by atoms with E-state index in [9.17, 15) is 19.8 Å². The summed E-state index contributed by atoms with van der Waals surface area (Å²) in [5.74, 6) is -0.0256. The summed E-state index contributed by atoms with van der Waals surface area (Å²) in [6, 6.07) is -0.541. The van der Waals surface area contributed by atoms with Gasteiger partial charge in [0.1, 0.15) is 0 Å². The molecule has 0 saturated carbocycles. The third kappa shape index (κ3) is 70.9. The molecule has 0 bridgehead atoms. The molecule has 0 fully saturated rings. The fourth-order valence-corrected chi connectivity index (χ4v) is 12.2. The van der Waals surface area contributed by atoms with Crippen molar-refractivity contribution in [1.29, 1.82) is 0 Å². The maximum atomic E-state index is 12.6. The van der Waals surface area contributed by atoms with Gasteiger partial charge in [0, 0.05) is 12.8 Å². The van der Waals surface area contributed by atoms with Crippen LogP contribution in [0.2, 0.25) is 0 Å². The van der Waals surface area contributed by atoms with E-state index in [2.05, 4.69) is 67.8 Å². The van der Waals surface area contributed by atoms with Crippen molar-refractivity contribution in [3.8, 4) is 0 Å². The fourth-order valence-electron chi connectivity index (χ4n) is 12.2. The molecule has 0 aromatic rings. The molecule has 1 amide bonds. The van der Waals surface area contributed by atoms with E-state index in [0.717, 1.165) is 57.8 Å². The van der Waals surface area contributed by atoms with Crippen LogP contribution in [-0.2, 0) is 14.3 Å². The van der Waals surface area contributed by atoms with Crippen molar-refractivity contribution in [3.63, 3.8) is 0 Å². The molecule has 6 nitrogen and oxygen atoms in total. The Hall–Kier alpha value is -2.18. The number of hydrogen-bond donors (Lipinski definition) is 3. The Morgan fingerprint density at radius 2 is 0.581 bits per heavy atom. The molecule has 0 rings (SSSR count). The number of esters is 1. The number of carbonyl (C=O) groups is 2. The lowest BCUT2D eigenvalue weighted by molar-refractivity contribution is -0.143. The van der Waals surface area contributed by atoms with Crippen LogP contribution in [0.15, 0.2) is 48.6 Å². The summed E-state index contributed by atoms with van der Waals surface area (Å²) < 4.78 is 5.49. The summed E-state index contributed by atoms with van der Waals surface area (Å²) in [4.78, 5) is 24.6. The second kappa shape index (κ2) is 75.3. The Balaban J connectivity index is 3.38. The van der Waals surface area contributed by atoms with Crippen molar-refractivity contribution in [2.75, 3.05) is 13.2 Å². The summed E-state index contributed by atoms with van der Waals surface area (Å²) in [5.41, 5.74) is 0. The van der Waals surface area contributed by atoms with E-state index < -0.39 is 12.1 Å². The van der Waals surface area contributed by atoms with Gasteiger partial charge in [0.05, 0.1) is 25.4 Å². The zero-order valence-corrected chi connectivity index (χ0v) is 58.1. The van der Waals surface area contributed by atoms with E-state index in [0.29, 0.717) is 25.9 Å². The van der Waals surface area contributed by atoms with Crippen molar-refractivity contribution in [2.45, 2.75) is 437 Å². The summed E-state index contributed by atoms with van der Waals surface area (Å²) in [6.07, 6.45) is 99.1. The van der Waals surface area contributed by atoms with Gasteiger partial charge in [-0.05, 0) is 89.9 Å². The molecule has 506 valence electrons. The van der Waals surface area contributed by atoms with E-state index in [1.807, 2.05) is 0 Å². The molecule has 0 heterocycles. The summed E-state index contributed by atoms with van der Waals surface area (Å²) >= 11 is 0. The van der Waals surface area contributed by atoms with Gasteiger partial charge >= 0.3 is 5.97 Å². The van der Waals surface area contributed by atoms with Crippen LogP contribution in [0.25, 0.3) is 0 Å². The highest BCUT2D eigenvalue weighted by Crippen LogP contribution is 2.19. The molecule has 0 aliphatic rings. The van der Waals surface area contributed by atoms with Gasteiger partial charge in [-0.25, -0.2) is 0 Å². The lowest BCUT2D eigenvalue weighted by Gasteiger charge is -2.22. The van der Waals surface area contributed by atoms with Gasteiger partial charge in [-0.2, -0.15) is 0 Å². The number of unbranched alkanes of at least 4 members (excludes halogenated alkanes) is 54. The molecular weight excluding hydrogens is 1050 g/mol. The highest BCUT2D eigenvalue weighted by atomic mass is 16.5. The van der Waals surface area contributed by atoms with Crippen molar-refractivity contribution in [3.05, 3.63) is 48.6 Å². The topological polar surface area (TPSA) is 95.9 Å². The second-order valence-electron chi connectivity index (χ2n) is 26.7. The molecular formula is C80H151NO5. The van der Waals surface area contributed by atoms with Crippen LogP contribution in [0.4, 0.5) is 0 Å². The van der Waals surface area contributed by atoms with Crippen LogP contribution in [-0.4, -0.2) is 47.4 Å². The predicted octanol–water partition coefficient (Wildman–Crippen LogP) is 25.6. The Bertz CT molecular complexity index is 1440. The molecule has 2 atom stereocenters. The largest absolute Gasteiger partial charge is 0.466 e. The van der Waals surface area contributed by atoms with Crippen molar-refractivity contribution in [2.24, 2.45) is 0 Å². The number of rotatable bonds is 73. The number of ether oxygens (including phenoxy) is 1. The first-order chi connectivity index (χ1) is 42.5. The van der Waals surface area contributed by atoms with Crippen molar-refractivity contribution in [1.82, 2.24) is 5.32 Å². The summed E-state index contributed by atoms with van der Waals surface area (Å²) in [6.45, 7) is 4.96. The van der Waals surface area contributed by atoms with Crippen molar-refractivity contribution < 1.29 is 24.5 Å². The minimum absolute atomic E-state index is 0.00306. The number of hydrogen-bond acceptors (Lipinski definition) is 5. The molecule has 0 radical (unpaired) electrons. The molecule has 0 aliphatic heterocycles. The molecule has 0 saturated heterocycles. The lowest BCUT2D eigenvalue weighted by Crippen LogP contribution is -2.45. The molecule has 6 heteroatoms. The number of allylic oxidation sites excluding steroid dienone is 8. The Morgan fingerprint density at radius 3 is 0.907 bits per heavy atom. The van der Waals surface area contributed by atoms with E-state index in [4.69, 9.17) is 4.74 Å². The van der Waals surface area contributed by atoms with Crippen LogP contribution >= 0.6 is 0 Å². The summed E-state index contributed by atoms with van der Waals surface area (Å²) in [5, 5.41) is 23.4. The SMILES string of the molecule is CCCCC/C=C\C/C=C\CCCCCCCC(=O)OCCCCCCCCCCCCC/C=C\C/C=C\CCCCCCCCCCCCCCCCCCCC(=O)NC(CO)C(O)CCCCCCCCCCCCCCCCCCCCC. The second-order valence-corrected chi connectivity index (χ2v) is 26.7. The number of aliphatic hydroxyl groups is 2. The minimum Gasteiger partial charge on any atom is -0.466 e. The third-order valence-electron chi connectivity index (χ3n) is 18.1. The van der Waals surface area contributed by atoms with Gasteiger partial charge < -0.3 is 20.3 Å². The standard InChI is InChI=1S/C80H151NO5/c1-3-5-7-9-11-13-15-17-19-20-38-41-45-48-52-56-60-64-68-72-78(83)77(76-82)81-79(84)73-69-65-61-57-53-49-46-42-39-36-34-32-30-28-26-24-22-21-23-25-27-29-31-33-35-37-40-43-47-51-55-59-63-67-71-75-86-80(85)74-70-66-62-58-54-50-44-18-16-14-12-10-8-6-4-2/h12,14,18,23,25,29,31,44,77-78,82-83H,3-11,13,15-17,19-22,24,26-28,30,32-43,45-76H2,1-2H3,(H,81,84)/b14-12-,25-23-,31-29-,44-18-. The molecule has 0 spiro atoms. The van der Waals surface area contributed by atoms with Crippen LogP contribution in [0.5, 0.6) is 0 Å². The van der Waals surface area contributed by atoms with Crippen LogP contribution in [0.3, 0.4) is 0 Å². The maximum absolute atomic E-state index is 12.6. The van der Waals surface area contributed by atoms with Crippen LogP contribution in [0.1, 0.15) is 425 Å². The van der Waals surface area contributed by atoms with Gasteiger partial charge in [-0.3, -0.25) is 9.59 Å². The van der Waals surface area contributed by atoms with E-state index in [-0.39, 0.29) is 18.5 Å². The highest BCUT2D eigenvalue weighted by Gasteiger charge is 2.20. The zero-order valence-electron chi connectivity index (χ0n) is 58.1. The zero-order chi connectivity index (χ0) is 62.0. The molecule has 0 aromatic carbocycles. The van der Waals surface area contributed by atoms with Gasteiger partial charge in [0.2, 0.25) is 5.91 Å². The quantitative estimate of drug-likeness (QED) is 0.0320. The first-order valence-electron chi connectivity index (χ1n) is 38.9. The van der Waals surface area contributed by atoms with E-state index in [1.54, 1.807) is 0 Å². The number of carbonyl (C=O) groups excluding carboxylic acids is 2. The molecule has 2 unspecified atom stereocenters. The average Bonchev–Trinajstić information content (AvgIpc) is 3.55. The Kier molecular flexibility index (Phi) is 73.4. The number of nitrogens with one attached hydrogen (secondary N) is 1. The predicted molar refractivity (Wildman–Crippen MR) is 379 cm³/mol. The number of amides is 1. The fraction of sp³-hybridized carbons (Fsp3) is 0.875. The molecule has 0 aromatic heterocycles. The van der Waals surface area contributed by atoms with Gasteiger partial charge in [-0.1, -0.05) is 371 Å². The average molecular weight is 1210 g/mol. The maximum Gasteiger partial charge on any atom is 0.305 e. The monoisotopic (exact) mass is 1210 g/mol. The summed E-state index contributed by atoms with van der Waals surface area (Å²) in [7, 11) is 0. The Morgan fingerprint density at radius 1 is 0.326 bits per heavy atom. The molecule has 3 N–H and O–H groups in total. The van der Waals surface area contributed by atoms with Gasteiger partial charge in [0.15, 0.2) is 0 Å². The van der Waals surface area contributed by atoms with Gasteiger partial charge in [-0.15, -0.1) is 0 Å². The first-order valence-corrected chi connectivity index (χ1v) is 38.9. The third-order valence-corrected chi connectivity index (χ3v) is 18.1. The van der Waals surface area contributed by atoms with E-state index >= 15 is 0 Å². The highest BCUT2D eigenvalue weighted by molar-refractivity contribution is 5.76. The normalized spacial score (nSPS) is 12.7. The van der Waals surface area contributed by atoms with Crippen LogP contribution in [0, 0.1) is 0 Å². The molecule has 86 heavy (non-hydrogen) atoms. The van der Waals surface area contributed by atoms with E-state index in [1.165, 1.54) is 334 Å². The minimum atomic E-state index is -0.664. The molecule has 0 aliphatic carbocycles. The smallest absolute Gasteiger partial charge is 0.305 e. The number of aliphatic hydroxyl groups excluding tert-OH is 2. The van der Waals surface area contributed by atoms with Gasteiger partial charge in [0.25, 0.3) is 0 Å².